The Kier molecular flexibility index (Phi) is 4.08. The largest absolute Gasteiger partial charge is 0.435 e. The van der Waals surface area contributed by atoms with Gasteiger partial charge in [0.25, 0.3) is 5.91 Å². The Morgan fingerprint density at radius 1 is 1.29 bits per heavy atom. The van der Waals surface area contributed by atoms with Crippen LogP contribution in [-0.2, 0) is 4.79 Å². The molecule has 8 heteroatoms. The van der Waals surface area contributed by atoms with Crippen molar-refractivity contribution >= 4 is 11.6 Å². The first-order valence-corrected chi connectivity index (χ1v) is 6.21. The number of hydrogen-bond acceptors (Lipinski definition) is 3. The van der Waals surface area contributed by atoms with E-state index in [1.165, 1.54) is 0 Å². The molecule has 0 aromatic heterocycles. The number of hydrogen-bond donors (Lipinski definition) is 2. The summed E-state index contributed by atoms with van der Waals surface area (Å²) >= 11 is 0. The molecule has 1 amide bonds. The van der Waals surface area contributed by atoms with Gasteiger partial charge in [-0.15, -0.1) is 0 Å². The molecule has 4 nitrogen and oxygen atoms in total. The molecule has 1 aliphatic carbocycles. The number of benzene rings is 1. The zero-order valence-corrected chi connectivity index (χ0v) is 10.8. The Labute approximate surface area is 117 Å². The van der Waals surface area contributed by atoms with Gasteiger partial charge in [-0.05, 0) is 43.5 Å². The summed E-state index contributed by atoms with van der Waals surface area (Å²) in [6.45, 7) is -3.00. The maximum absolute atomic E-state index is 13.8. The van der Waals surface area contributed by atoms with Crippen molar-refractivity contribution in [2.24, 2.45) is 0 Å². The molecule has 0 bridgehead atoms. The second-order valence-electron chi connectivity index (χ2n) is 4.82. The number of nitrogens with one attached hydrogen (secondary N) is 1. The second kappa shape index (κ2) is 5.51. The van der Waals surface area contributed by atoms with E-state index in [0.717, 1.165) is 24.3 Å². The van der Waals surface area contributed by atoms with Crippen LogP contribution < -0.4 is 10.1 Å². The van der Waals surface area contributed by atoms with E-state index in [0.29, 0.717) is 6.42 Å². The predicted octanol–water partition coefficient (Wildman–Crippen LogP) is 2.78. The fraction of sp³-hybridized carbons (Fsp3) is 0.462. The molecule has 0 saturated heterocycles. The zero-order chi connectivity index (χ0) is 15.7. The SMILES string of the molecule is O=C(Nc1ccc(OC(F)F)cc1)C(F)(F)C1(O)CCC1. The molecule has 116 valence electrons. The molecule has 1 saturated carbocycles. The fourth-order valence-corrected chi connectivity index (χ4v) is 1.97. The van der Waals surface area contributed by atoms with Crippen molar-refractivity contribution in [1.82, 2.24) is 0 Å². The standard InChI is InChI=1S/C13H13F4NO3/c14-11(15)21-9-4-2-8(3-5-9)18-10(19)13(16,17)12(20)6-1-7-12/h2-5,11,20H,1,6-7H2,(H,18,19). The van der Waals surface area contributed by atoms with Crippen molar-refractivity contribution in [2.75, 3.05) is 5.32 Å². The van der Waals surface area contributed by atoms with Crippen LogP contribution in [0.5, 0.6) is 5.75 Å². The number of anilines is 1. The van der Waals surface area contributed by atoms with Crippen LogP contribution in [0.3, 0.4) is 0 Å². The molecule has 0 unspecified atom stereocenters. The maximum Gasteiger partial charge on any atom is 0.387 e. The molecular weight excluding hydrogens is 294 g/mol. The Morgan fingerprint density at radius 3 is 2.29 bits per heavy atom. The predicted molar refractivity (Wildman–Crippen MR) is 65.5 cm³/mol. The van der Waals surface area contributed by atoms with E-state index < -0.39 is 24.0 Å². The van der Waals surface area contributed by atoms with Gasteiger partial charge in [-0.25, -0.2) is 0 Å². The lowest BCUT2D eigenvalue weighted by atomic mass is 9.75. The average Bonchev–Trinajstić information content (AvgIpc) is 2.37. The van der Waals surface area contributed by atoms with E-state index in [1.807, 2.05) is 5.32 Å². The van der Waals surface area contributed by atoms with E-state index >= 15 is 0 Å². The summed E-state index contributed by atoms with van der Waals surface area (Å²) in [6, 6.07) is 4.52. The van der Waals surface area contributed by atoms with E-state index in [2.05, 4.69) is 4.74 Å². The van der Waals surface area contributed by atoms with Crippen molar-refractivity contribution in [2.45, 2.75) is 37.4 Å². The first kappa shape index (κ1) is 15.6. The van der Waals surface area contributed by atoms with Crippen LogP contribution in [0.15, 0.2) is 24.3 Å². The van der Waals surface area contributed by atoms with Crippen LogP contribution in [0.1, 0.15) is 19.3 Å². The van der Waals surface area contributed by atoms with Crippen LogP contribution in [0.25, 0.3) is 0 Å². The van der Waals surface area contributed by atoms with Gasteiger partial charge < -0.3 is 15.2 Å². The minimum Gasteiger partial charge on any atom is -0.435 e. The molecule has 0 radical (unpaired) electrons. The summed E-state index contributed by atoms with van der Waals surface area (Å²) < 4.78 is 55.6. The van der Waals surface area contributed by atoms with Gasteiger partial charge in [0.15, 0.2) is 0 Å². The highest BCUT2D eigenvalue weighted by Gasteiger charge is 2.61. The Bertz CT molecular complexity index is 515. The third-order valence-corrected chi connectivity index (χ3v) is 3.39. The molecular formula is C13H13F4NO3. The van der Waals surface area contributed by atoms with Gasteiger partial charge in [0.1, 0.15) is 11.4 Å². The molecule has 2 N–H and O–H groups in total. The van der Waals surface area contributed by atoms with Gasteiger partial charge in [0, 0.05) is 5.69 Å². The molecule has 1 aromatic rings. The summed E-state index contributed by atoms with van der Waals surface area (Å²) in [7, 11) is 0. The summed E-state index contributed by atoms with van der Waals surface area (Å²) in [5.41, 5.74) is -2.32. The highest BCUT2D eigenvalue weighted by Crippen LogP contribution is 2.44. The molecule has 0 spiro atoms. The van der Waals surface area contributed by atoms with Gasteiger partial charge in [-0.3, -0.25) is 4.79 Å². The Balaban J connectivity index is 2.02. The number of carbonyl (C=O) groups is 1. The van der Waals surface area contributed by atoms with Gasteiger partial charge in [-0.2, -0.15) is 17.6 Å². The molecule has 1 aromatic carbocycles. The lowest BCUT2D eigenvalue weighted by Gasteiger charge is -2.41. The normalized spacial score (nSPS) is 17.2. The smallest absolute Gasteiger partial charge is 0.387 e. The molecule has 1 aliphatic rings. The van der Waals surface area contributed by atoms with E-state index in [4.69, 9.17) is 0 Å². The van der Waals surface area contributed by atoms with Crippen molar-refractivity contribution in [3.63, 3.8) is 0 Å². The first-order chi connectivity index (χ1) is 9.74. The van der Waals surface area contributed by atoms with Crippen LogP contribution in [0.4, 0.5) is 23.2 Å². The average molecular weight is 307 g/mol. The van der Waals surface area contributed by atoms with Crippen molar-refractivity contribution < 1.29 is 32.2 Å². The minimum atomic E-state index is -3.91. The van der Waals surface area contributed by atoms with Crippen molar-refractivity contribution in [1.29, 1.82) is 0 Å². The van der Waals surface area contributed by atoms with Crippen LogP contribution >= 0.6 is 0 Å². The number of rotatable bonds is 5. The molecule has 0 heterocycles. The summed E-state index contributed by atoms with van der Waals surface area (Å²) in [6.07, 6.45) is 0.141. The number of ether oxygens (including phenoxy) is 1. The molecule has 1 fully saturated rings. The molecule has 21 heavy (non-hydrogen) atoms. The van der Waals surface area contributed by atoms with E-state index in [-0.39, 0.29) is 24.3 Å². The van der Waals surface area contributed by atoms with Crippen molar-refractivity contribution in [3.05, 3.63) is 24.3 Å². The number of amides is 1. The molecule has 2 rings (SSSR count). The molecule has 0 aliphatic heterocycles. The lowest BCUT2D eigenvalue weighted by Crippen LogP contribution is -2.59. The minimum absolute atomic E-state index is 0.00999. The van der Waals surface area contributed by atoms with E-state index in [9.17, 15) is 27.5 Å². The van der Waals surface area contributed by atoms with Gasteiger partial charge in [0.2, 0.25) is 0 Å². The summed E-state index contributed by atoms with van der Waals surface area (Å²) in [4.78, 5) is 11.6. The second-order valence-corrected chi connectivity index (χ2v) is 4.82. The first-order valence-electron chi connectivity index (χ1n) is 6.21. The lowest BCUT2D eigenvalue weighted by molar-refractivity contribution is -0.212. The van der Waals surface area contributed by atoms with Crippen LogP contribution in [0.2, 0.25) is 0 Å². The van der Waals surface area contributed by atoms with Crippen LogP contribution in [-0.4, -0.2) is 29.1 Å². The third kappa shape index (κ3) is 3.10. The quantitative estimate of drug-likeness (QED) is 0.822. The number of carbonyl (C=O) groups excluding carboxylic acids is 1. The molecule has 0 atom stereocenters. The van der Waals surface area contributed by atoms with E-state index in [1.54, 1.807) is 0 Å². The fourth-order valence-electron chi connectivity index (χ4n) is 1.97. The summed E-state index contributed by atoms with van der Waals surface area (Å²) in [5.74, 6) is -5.71. The third-order valence-electron chi connectivity index (χ3n) is 3.39. The highest BCUT2D eigenvalue weighted by atomic mass is 19.3. The Morgan fingerprint density at radius 2 is 1.86 bits per heavy atom. The van der Waals surface area contributed by atoms with Crippen LogP contribution in [0, 0.1) is 0 Å². The number of aliphatic hydroxyl groups is 1. The summed E-state index contributed by atoms with van der Waals surface area (Å²) in [5, 5.41) is 11.6. The number of alkyl halides is 4. The maximum atomic E-state index is 13.8. The van der Waals surface area contributed by atoms with Gasteiger partial charge in [-0.1, -0.05) is 0 Å². The van der Waals surface area contributed by atoms with Gasteiger partial charge >= 0.3 is 12.5 Å². The monoisotopic (exact) mass is 307 g/mol. The topological polar surface area (TPSA) is 58.6 Å². The van der Waals surface area contributed by atoms with Crippen molar-refractivity contribution in [3.8, 4) is 5.75 Å². The van der Waals surface area contributed by atoms with Gasteiger partial charge in [0.05, 0.1) is 0 Å². The number of halogens is 4. The zero-order valence-electron chi connectivity index (χ0n) is 10.8. The Hall–Kier alpha value is -1.83. The highest BCUT2D eigenvalue weighted by molar-refractivity contribution is 5.97.